The molecule has 2 heterocycles. The van der Waals surface area contributed by atoms with Crippen molar-refractivity contribution in [1.29, 1.82) is 0 Å². The van der Waals surface area contributed by atoms with Crippen LogP contribution in [0, 0.1) is 11.8 Å². The van der Waals surface area contributed by atoms with Crippen molar-refractivity contribution in [3.05, 3.63) is 0 Å². The minimum absolute atomic E-state index is 0.176. The second-order valence-electron chi connectivity index (χ2n) is 5.81. The number of aliphatic hydroxyl groups excluding tert-OH is 1. The van der Waals surface area contributed by atoms with Gasteiger partial charge in [-0.05, 0) is 37.5 Å². The average Bonchev–Trinajstić information content (AvgIpc) is 2.47. The van der Waals surface area contributed by atoms with E-state index in [4.69, 9.17) is 5.11 Å². The van der Waals surface area contributed by atoms with Crippen LogP contribution in [0.5, 0.6) is 0 Å². The highest BCUT2D eigenvalue weighted by Gasteiger charge is 2.35. The van der Waals surface area contributed by atoms with Crippen molar-refractivity contribution in [3.8, 4) is 0 Å². The van der Waals surface area contributed by atoms with Gasteiger partial charge >= 0.3 is 0 Å². The van der Waals surface area contributed by atoms with Gasteiger partial charge in [-0.1, -0.05) is 13.3 Å². The maximum absolute atomic E-state index is 12.6. The summed E-state index contributed by atoms with van der Waals surface area (Å²) in [4.78, 5) is 0. The van der Waals surface area contributed by atoms with E-state index in [2.05, 4.69) is 6.92 Å². The Kier molecular flexibility index (Phi) is 5.22. The average molecular weight is 290 g/mol. The number of hydrogen-bond donors (Lipinski definition) is 1. The molecule has 6 heteroatoms. The van der Waals surface area contributed by atoms with E-state index in [1.54, 1.807) is 8.61 Å². The molecule has 0 aromatic carbocycles. The smallest absolute Gasteiger partial charge is 0.281 e. The predicted molar refractivity (Wildman–Crippen MR) is 74.9 cm³/mol. The summed E-state index contributed by atoms with van der Waals surface area (Å²) in [6.07, 6.45) is 4.74. The van der Waals surface area contributed by atoms with Crippen LogP contribution in [0.3, 0.4) is 0 Å². The molecule has 1 unspecified atom stereocenters. The van der Waals surface area contributed by atoms with Crippen molar-refractivity contribution in [1.82, 2.24) is 8.61 Å². The monoisotopic (exact) mass is 290 g/mol. The van der Waals surface area contributed by atoms with Crippen molar-refractivity contribution >= 4 is 10.2 Å². The van der Waals surface area contributed by atoms with Crippen molar-refractivity contribution in [2.45, 2.75) is 39.0 Å². The maximum atomic E-state index is 12.6. The molecule has 0 radical (unpaired) electrons. The zero-order valence-electron chi connectivity index (χ0n) is 11.8. The lowest BCUT2D eigenvalue weighted by Crippen LogP contribution is -2.50. The van der Waals surface area contributed by atoms with Gasteiger partial charge in [0.15, 0.2) is 0 Å². The third kappa shape index (κ3) is 3.48. The van der Waals surface area contributed by atoms with Crippen LogP contribution in [-0.4, -0.2) is 54.9 Å². The lowest BCUT2D eigenvalue weighted by Gasteiger charge is -2.37. The summed E-state index contributed by atoms with van der Waals surface area (Å²) in [6, 6.07) is 0. The minimum Gasteiger partial charge on any atom is -0.396 e. The van der Waals surface area contributed by atoms with Crippen LogP contribution in [0.15, 0.2) is 0 Å². The van der Waals surface area contributed by atoms with Gasteiger partial charge in [0, 0.05) is 32.8 Å². The highest BCUT2D eigenvalue weighted by atomic mass is 32.2. The molecule has 0 amide bonds. The van der Waals surface area contributed by atoms with E-state index >= 15 is 0 Å². The zero-order valence-corrected chi connectivity index (χ0v) is 12.6. The first kappa shape index (κ1) is 15.2. The molecule has 2 aliphatic heterocycles. The molecule has 2 aliphatic rings. The van der Waals surface area contributed by atoms with Crippen LogP contribution in [0.1, 0.15) is 39.0 Å². The Morgan fingerprint density at radius 1 is 1.05 bits per heavy atom. The molecule has 0 spiro atoms. The fraction of sp³-hybridized carbons (Fsp3) is 1.00. The summed E-state index contributed by atoms with van der Waals surface area (Å²) in [5, 5.41) is 9.12. The molecule has 0 aromatic heterocycles. The van der Waals surface area contributed by atoms with E-state index in [9.17, 15) is 8.42 Å². The molecule has 2 saturated heterocycles. The minimum atomic E-state index is -3.27. The Hall–Kier alpha value is -0.170. The summed E-state index contributed by atoms with van der Waals surface area (Å²) in [5.41, 5.74) is 0. The van der Waals surface area contributed by atoms with E-state index in [0.717, 1.165) is 32.1 Å². The predicted octanol–water partition coefficient (Wildman–Crippen LogP) is 1.06. The van der Waals surface area contributed by atoms with E-state index in [-0.39, 0.29) is 12.5 Å². The molecular weight excluding hydrogens is 264 g/mol. The Labute approximate surface area is 116 Å². The Balaban J connectivity index is 1.98. The molecule has 5 nitrogen and oxygen atoms in total. The molecule has 2 rings (SSSR count). The van der Waals surface area contributed by atoms with Crippen LogP contribution in [-0.2, 0) is 10.2 Å². The topological polar surface area (TPSA) is 60.9 Å². The van der Waals surface area contributed by atoms with Crippen LogP contribution in [0.4, 0.5) is 0 Å². The fourth-order valence-electron chi connectivity index (χ4n) is 3.06. The quantitative estimate of drug-likeness (QED) is 0.842. The number of piperidine rings is 2. The molecule has 0 bridgehead atoms. The van der Waals surface area contributed by atoms with Crippen molar-refractivity contribution in [3.63, 3.8) is 0 Å². The molecule has 0 aromatic rings. The van der Waals surface area contributed by atoms with Gasteiger partial charge in [0.2, 0.25) is 0 Å². The van der Waals surface area contributed by atoms with Gasteiger partial charge in [-0.25, -0.2) is 0 Å². The standard InChI is InChI=1S/C13H26N2O3S/c1-2-12-4-3-7-15(10-12)19(17,18)14-8-5-13(11-16)6-9-14/h12-13,16H,2-11H2,1H3. The van der Waals surface area contributed by atoms with Gasteiger partial charge in [-0.2, -0.15) is 17.0 Å². The van der Waals surface area contributed by atoms with Gasteiger partial charge < -0.3 is 5.11 Å². The largest absolute Gasteiger partial charge is 0.396 e. The van der Waals surface area contributed by atoms with E-state index in [1.165, 1.54) is 0 Å². The molecular formula is C13H26N2O3S. The number of hydrogen-bond acceptors (Lipinski definition) is 3. The summed E-state index contributed by atoms with van der Waals surface area (Å²) >= 11 is 0. The van der Waals surface area contributed by atoms with Crippen molar-refractivity contribution in [2.75, 3.05) is 32.8 Å². The lowest BCUT2D eigenvalue weighted by atomic mass is 9.97. The number of nitrogens with zero attached hydrogens (tertiary/aromatic N) is 2. The molecule has 2 fully saturated rings. The first-order valence-corrected chi connectivity index (χ1v) is 8.83. The fourth-order valence-corrected chi connectivity index (χ4v) is 4.81. The Morgan fingerprint density at radius 2 is 1.74 bits per heavy atom. The molecule has 0 aliphatic carbocycles. The van der Waals surface area contributed by atoms with Crippen LogP contribution in [0.2, 0.25) is 0 Å². The van der Waals surface area contributed by atoms with E-state index in [1.807, 2.05) is 0 Å². The van der Waals surface area contributed by atoms with Gasteiger partial charge in [-0.3, -0.25) is 0 Å². The summed E-state index contributed by atoms with van der Waals surface area (Å²) in [6.45, 7) is 4.77. The molecule has 0 saturated carbocycles. The van der Waals surface area contributed by atoms with Gasteiger partial charge in [0.25, 0.3) is 10.2 Å². The summed E-state index contributed by atoms with van der Waals surface area (Å²) in [7, 11) is -3.27. The highest BCUT2D eigenvalue weighted by molar-refractivity contribution is 7.86. The first-order chi connectivity index (χ1) is 9.07. The zero-order chi connectivity index (χ0) is 13.9. The number of aliphatic hydroxyl groups is 1. The second-order valence-corrected chi connectivity index (χ2v) is 7.74. The maximum Gasteiger partial charge on any atom is 0.281 e. The summed E-state index contributed by atoms with van der Waals surface area (Å²) in [5.74, 6) is 0.787. The van der Waals surface area contributed by atoms with E-state index < -0.39 is 10.2 Å². The van der Waals surface area contributed by atoms with Crippen LogP contribution < -0.4 is 0 Å². The van der Waals surface area contributed by atoms with E-state index in [0.29, 0.717) is 32.1 Å². The lowest BCUT2D eigenvalue weighted by molar-refractivity contribution is 0.162. The summed E-state index contributed by atoms with van der Waals surface area (Å²) < 4.78 is 28.5. The third-order valence-corrected chi connectivity index (χ3v) is 6.55. The van der Waals surface area contributed by atoms with Gasteiger partial charge in [0.05, 0.1) is 0 Å². The molecule has 1 N–H and O–H groups in total. The number of rotatable bonds is 4. The third-order valence-electron chi connectivity index (χ3n) is 4.54. The van der Waals surface area contributed by atoms with Crippen molar-refractivity contribution in [2.24, 2.45) is 11.8 Å². The van der Waals surface area contributed by atoms with Crippen LogP contribution >= 0.6 is 0 Å². The second kappa shape index (κ2) is 6.52. The molecule has 1 atom stereocenters. The SMILES string of the molecule is CCC1CCCN(S(=O)(=O)N2CCC(CO)CC2)C1. The first-order valence-electron chi connectivity index (χ1n) is 7.44. The molecule has 19 heavy (non-hydrogen) atoms. The van der Waals surface area contributed by atoms with Gasteiger partial charge in [0.1, 0.15) is 0 Å². The Bertz CT molecular complexity index is 377. The van der Waals surface area contributed by atoms with Crippen LogP contribution in [0.25, 0.3) is 0 Å². The highest BCUT2D eigenvalue weighted by Crippen LogP contribution is 2.26. The van der Waals surface area contributed by atoms with Crippen molar-refractivity contribution < 1.29 is 13.5 Å². The Morgan fingerprint density at radius 3 is 2.32 bits per heavy atom. The normalized spacial score (nSPS) is 28.6. The van der Waals surface area contributed by atoms with Gasteiger partial charge in [-0.15, -0.1) is 0 Å². The molecule has 112 valence electrons.